The van der Waals surface area contributed by atoms with Gasteiger partial charge in [0.25, 0.3) is 5.91 Å². The number of H-pyrrole nitrogens is 1. The van der Waals surface area contributed by atoms with Crippen LogP contribution in [-0.4, -0.2) is 34.2 Å². The number of nitrogens with zero attached hydrogens (tertiary/aromatic N) is 1. The molecule has 8 nitrogen and oxygen atoms in total. The van der Waals surface area contributed by atoms with Crippen molar-refractivity contribution in [3.8, 4) is 0 Å². The van der Waals surface area contributed by atoms with Crippen LogP contribution in [-0.2, 0) is 9.53 Å². The van der Waals surface area contributed by atoms with E-state index in [9.17, 15) is 14.4 Å². The van der Waals surface area contributed by atoms with E-state index in [1.54, 1.807) is 13.8 Å². The number of amides is 3. The van der Waals surface area contributed by atoms with Gasteiger partial charge in [-0.15, -0.1) is 0 Å². The van der Waals surface area contributed by atoms with E-state index < -0.39 is 24.0 Å². The highest BCUT2D eigenvalue weighted by molar-refractivity contribution is 5.97. The fourth-order valence-corrected chi connectivity index (χ4v) is 1.23. The molecule has 4 N–H and O–H groups in total. The van der Waals surface area contributed by atoms with Crippen molar-refractivity contribution in [1.29, 1.82) is 0 Å². The predicted molar refractivity (Wildman–Crippen MR) is 60.4 cm³/mol. The third-order valence-corrected chi connectivity index (χ3v) is 2.06. The van der Waals surface area contributed by atoms with Gasteiger partial charge in [0.1, 0.15) is 5.69 Å². The fourth-order valence-electron chi connectivity index (χ4n) is 1.23. The zero-order valence-electron chi connectivity index (χ0n) is 9.97. The molecule has 98 valence electrons. The Labute approximate surface area is 103 Å². The van der Waals surface area contributed by atoms with E-state index in [1.165, 1.54) is 12.3 Å². The first kappa shape index (κ1) is 13.7. The minimum absolute atomic E-state index is 0.118. The molecule has 8 heteroatoms. The molecule has 1 atom stereocenters. The molecule has 1 rings (SSSR count). The van der Waals surface area contributed by atoms with Crippen LogP contribution in [0.15, 0.2) is 12.3 Å². The second-order valence-corrected chi connectivity index (χ2v) is 3.89. The maximum Gasteiger partial charge on any atom is 0.357 e. The van der Waals surface area contributed by atoms with Crippen molar-refractivity contribution in [1.82, 2.24) is 15.5 Å². The lowest BCUT2D eigenvalue weighted by Crippen LogP contribution is -2.45. The Morgan fingerprint density at radius 1 is 1.44 bits per heavy atom. The van der Waals surface area contributed by atoms with Gasteiger partial charge in [0.15, 0.2) is 6.10 Å². The molecule has 0 aliphatic rings. The topological polar surface area (TPSA) is 127 Å². The van der Waals surface area contributed by atoms with E-state index in [0.29, 0.717) is 0 Å². The number of hydrogen-bond acceptors (Lipinski definition) is 5. The maximum absolute atomic E-state index is 11.6. The van der Waals surface area contributed by atoms with Crippen LogP contribution in [0.3, 0.4) is 0 Å². The molecule has 3 amide bonds. The average molecular weight is 254 g/mol. The van der Waals surface area contributed by atoms with Gasteiger partial charge in [-0.05, 0) is 12.0 Å². The number of aromatic amines is 1. The van der Waals surface area contributed by atoms with E-state index >= 15 is 0 Å². The van der Waals surface area contributed by atoms with Gasteiger partial charge in [-0.25, -0.2) is 9.59 Å². The molecule has 0 spiro atoms. The molecule has 1 aromatic rings. The second kappa shape index (κ2) is 5.80. The van der Waals surface area contributed by atoms with Crippen molar-refractivity contribution in [2.24, 2.45) is 11.7 Å². The Hall–Kier alpha value is -2.38. The normalized spacial score (nSPS) is 11.9. The number of carbonyl (C=O) groups excluding carboxylic acids is 3. The predicted octanol–water partition coefficient (Wildman–Crippen LogP) is -0.214. The fraction of sp³-hybridized carbons (Fsp3) is 0.400. The number of ether oxygens (including phenoxy) is 1. The lowest BCUT2D eigenvalue weighted by atomic mass is 10.1. The van der Waals surface area contributed by atoms with E-state index in [-0.39, 0.29) is 11.6 Å². The summed E-state index contributed by atoms with van der Waals surface area (Å²) in [4.78, 5) is 33.8. The molecule has 0 radical (unpaired) electrons. The molecule has 1 unspecified atom stereocenters. The van der Waals surface area contributed by atoms with Crippen LogP contribution in [0.1, 0.15) is 24.3 Å². The highest BCUT2D eigenvalue weighted by Crippen LogP contribution is 2.09. The summed E-state index contributed by atoms with van der Waals surface area (Å²) in [5, 5.41) is 7.87. The molecular weight excluding hydrogens is 240 g/mol. The molecule has 1 aromatic heterocycles. The van der Waals surface area contributed by atoms with Crippen molar-refractivity contribution in [2.45, 2.75) is 20.0 Å². The van der Waals surface area contributed by atoms with Gasteiger partial charge >= 0.3 is 12.0 Å². The summed E-state index contributed by atoms with van der Waals surface area (Å²) in [6.07, 6.45) is 0.276. The number of carbonyl (C=O) groups is 3. The van der Waals surface area contributed by atoms with Gasteiger partial charge in [-0.1, -0.05) is 13.8 Å². The Morgan fingerprint density at radius 2 is 2.11 bits per heavy atom. The standard InChI is InChI=1S/C10H14N4O4/c1-5(2)7(8(15)13-10(11)17)18-9(16)6-3-4-12-14-6/h3-5,7H,1-2H3,(H,12,14)(H3,11,13,15,17). The largest absolute Gasteiger partial charge is 0.447 e. The molecule has 0 saturated heterocycles. The van der Waals surface area contributed by atoms with Gasteiger partial charge in [0, 0.05) is 6.20 Å². The Kier molecular flexibility index (Phi) is 4.41. The second-order valence-electron chi connectivity index (χ2n) is 3.89. The monoisotopic (exact) mass is 254 g/mol. The molecule has 0 fully saturated rings. The Balaban J connectivity index is 2.72. The molecule has 1 heterocycles. The van der Waals surface area contributed by atoms with Crippen LogP contribution in [0.25, 0.3) is 0 Å². The summed E-state index contributed by atoms with van der Waals surface area (Å²) >= 11 is 0. The quantitative estimate of drug-likeness (QED) is 0.640. The number of aromatic nitrogens is 2. The van der Waals surface area contributed by atoms with Crippen molar-refractivity contribution < 1.29 is 19.1 Å². The van der Waals surface area contributed by atoms with Crippen LogP contribution >= 0.6 is 0 Å². The van der Waals surface area contributed by atoms with E-state index in [2.05, 4.69) is 10.2 Å². The molecule has 18 heavy (non-hydrogen) atoms. The highest BCUT2D eigenvalue weighted by atomic mass is 16.5. The lowest BCUT2D eigenvalue weighted by Gasteiger charge is -2.19. The first-order valence-electron chi connectivity index (χ1n) is 5.22. The van der Waals surface area contributed by atoms with Crippen LogP contribution < -0.4 is 11.1 Å². The van der Waals surface area contributed by atoms with Gasteiger partial charge in [-0.3, -0.25) is 15.2 Å². The molecule has 0 aromatic carbocycles. The SMILES string of the molecule is CC(C)C(OC(=O)c1ccn[nH]1)C(=O)NC(N)=O. The van der Waals surface area contributed by atoms with Crippen LogP contribution in [0, 0.1) is 5.92 Å². The summed E-state index contributed by atoms with van der Waals surface area (Å²) in [7, 11) is 0. The molecule has 0 aliphatic carbocycles. The Morgan fingerprint density at radius 3 is 2.56 bits per heavy atom. The summed E-state index contributed by atoms with van der Waals surface area (Å²) < 4.78 is 4.99. The first-order chi connectivity index (χ1) is 8.41. The number of rotatable bonds is 4. The smallest absolute Gasteiger partial charge is 0.357 e. The number of nitrogens with one attached hydrogen (secondary N) is 2. The molecule has 0 saturated carbocycles. The first-order valence-corrected chi connectivity index (χ1v) is 5.22. The minimum atomic E-state index is -1.10. The highest BCUT2D eigenvalue weighted by Gasteiger charge is 2.28. The van der Waals surface area contributed by atoms with E-state index in [1.807, 2.05) is 5.32 Å². The van der Waals surface area contributed by atoms with Gasteiger partial charge in [-0.2, -0.15) is 5.10 Å². The van der Waals surface area contributed by atoms with Crippen LogP contribution in [0.5, 0.6) is 0 Å². The van der Waals surface area contributed by atoms with E-state index in [0.717, 1.165) is 0 Å². The van der Waals surface area contributed by atoms with Crippen molar-refractivity contribution in [3.05, 3.63) is 18.0 Å². The average Bonchev–Trinajstić information content (AvgIpc) is 2.77. The maximum atomic E-state index is 11.6. The molecule has 0 bridgehead atoms. The van der Waals surface area contributed by atoms with Gasteiger partial charge in [0.05, 0.1) is 0 Å². The molecular formula is C10H14N4O4. The lowest BCUT2D eigenvalue weighted by molar-refractivity contribution is -0.130. The number of imide groups is 1. The van der Waals surface area contributed by atoms with Crippen molar-refractivity contribution >= 4 is 17.9 Å². The summed E-state index contributed by atoms with van der Waals surface area (Å²) in [5.74, 6) is -1.80. The van der Waals surface area contributed by atoms with Crippen molar-refractivity contribution in [3.63, 3.8) is 0 Å². The van der Waals surface area contributed by atoms with Crippen LogP contribution in [0.2, 0.25) is 0 Å². The number of hydrogen-bond donors (Lipinski definition) is 3. The summed E-state index contributed by atoms with van der Waals surface area (Å²) in [6.45, 7) is 3.34. The van der Waals surface area contributed by atoms with Crippen molar-refractivity contribution in [2.75, 3.05) is 0 Å². The Bertz CT molecular complexity index is 441. The number of nitrogens with two attached hydrogens (primary N) is 1. The third-order valence-electron chi connectivity index (χ3n) is 2.06. The number of primary amides is 1. The molecule has 0 aliphatic heterocycles. The number of urea groups is 1. The van der Waals surface area contributed by atoms with E-state index in [4.69, 9.17) is 10.5 Å². The number of esters is 1. The van der Waals surface area contributed by atoms with Gasteiger partial charge < -0.3 is 10.5 Å². The summed E-state index contributed by atoms with van der Waals surface area (Å²) in [6, 6.07) is 0.411. The third kappa shape index (κ3) is 3.58. The van der Waals surface area contributed by atoms with Crippen LogP contribution in [0.4, 0.5) is 4.79 Å². The zero-order valence-corrected chi connectivity index (χ0v) is 9.97. The zero-order chi connectivity index (χ0) is 13.7. The van der Waals surface area contributed by atoms with Gasteiger partial charge in [0.2, 0.25) is 0 Å². The summed E-state index contributed by atoms with van der Waals surface area (Å²) in [5.41, 5.74) is 4.95. The minimum Gasteiger partial charge on any atom is -0.447 e.